The highest BCUT2D eigenvalue weighted by molar-refractivity contribution is 7.92. The van der Waals surface area contributed by atoms with Crippen LogP contribution < -0.4 is 10.0 Å². The van der Waals surface area contributed by atoms with E-state index in [0.717, 1.165) is 11.9 Å². The maximum atomic E-state index is 12.9. The first-order valence-electron chi connectivity index (χ1n) is 9.62. The molecule has 1 aromatic heterocycles. The molecule has 1 amide bonds. The van der Waals surface area contributed by atoms with Crippen LogP contribution in [-0.4, -0.2) is 36.1 Å². The average molecular weight is 441 g/mol. The smallest absolute Gasteiger partial charge is 0.293 e. The van der Waals surface area contributed by atoms with Crippen LogP contribution in [-0.2, 0) is 14.8 Å². The zero-order valence-corrected chi connectivity index (χ0v) is 18.5. The Hall–Kier alpha value is -3.46. The van der Waals surface area contributed by atoms with E-state index in [1.54, 1.807) is 49.7 Å². The number of Topliss-reactive ketones (excluding diaryl/α,β-unsaturated/α-hetero) is 1. The summed E-state index contributed by atoms with van der Waals surface area (Å²) in [7, 11) is -3.50. The molecule has 0 aliphatic rings. The Morgan fingerprint density at radius 1 is 1.00 bits per heavy atom. The summed E-state index contributed by atoms with van der Waals surface area (Å²) in [5.74, 6) is -1.49. The molecule has 0 aliphatic carbocycles. The number of carbonyl (C=O) groups excluding carboxylic acids is 2. The molecule has 3 aromatic rings. The molecule has 0 spiro atoms. The highest BCUT2D eigenvalue weighted by Crippen LogP contribution is 2.24. The minimum atomic E-state index is -3.50. The highest BCUT2D eigenvalue weighted by Gasteiger charge is 2.26. The number of para-hydroxylation sites is 2. The Labute approximate surface area is 181 Å². The molecule has 9 heteroatoms. The predicted molar refractivity (Wildman–Crippen MR) is 119 cm³/mol. The summed E-state index contributed by atoms with van der Waals surface area (Å²) >= 11 is 0. The van der Waals surface area contributed by atoms with Gasteiger partial charge in [0.15, 0.2) is 0 Å². The summed E-state index contributed by atoms with van der Waals surface area (Å²) in [5.41, 5.74) is 2.94. The number of ketones is 1. The van der Waals surface area contributed by atoms with Crippen LogP contribution in [0.5, 0.6) is 0 Å². The van der Waals surface area contributed by atoms with E-state index in [4.69, 9.17) is 0 Å². The third-order valence-corrected chi connectivity index (χ3v) is 5.39. The minimum Gasteiger partial charge on any atom is -0.343 e. The van der Waals surface area contributed by atoms with Crippen LogP contribution in [0.15, 0.2) is 54.6 Å². The first-order chi connectivity index (χ1) is 14.6. The number of hydrogen-bond donors (Lipinski definition) is 2. The number of sulfonamides is 1. The van der Waals surface area contributed by atoms with Crippen LogP contribution in [0.2, 0.25) is 0 Å². The molecule has 0 saturated carbocycles. The molecule has 0 radical (unpaired) electrons. The van der Waals surface area contributed by atoms with Gasteiger partial charge in [-0.2, -0.15) is 5.10 Å². The van der Waals surface area contributed by atoms with Gasteiger partial charge in [-0.05, 0) is 44.5 Å². The van der Waals surface area contributed by atoms with Crippen molar-refractivity contribution in [1.29, 1.82) is 0 Å². The lowest BCUT2D eigenvalue weighted by Crippen LogP contribution is -2.34. The van der Waals surface area contributed by atoms with E-state index in [1.165, 1.54) is 0 Å². The van der Waals surface area contributed by atoms with Gasteiger partial charge in [-0.1, -0.05) is 36.4 Å². The molecule has 2 aromatic carbocycles. The van der Waals surface area contributed by atoms with E-state index in [1.807, 2.05) is 30.3 Å². The third kappa shape index (κ3) is 5.00. The molecular weight excluding hydrogens is 416 g/mol. The van der Waals surface area contributed by atoms with E-state index in [9.17, 15) is 18.0 Å². The second kappa shape index (κ2) is 8.73. The van der Waals surface area contributed by atoms with E-state index < -0.39 is 27.8 Å². The molecule has 1 heterocycles. The fraction of sp³-hybridized carbons (Fsp3) is 0.227. The van der Waals surface area contributed by atoms with Crippen LogP contribution in [0.4, 0.5) is 5.69 Å². The Morgan fingerprint density at radius 2 is 1.61 bits per heavy atom. The SMILES string of the molecule is Cc1nn(-c2ccccc2)c(C)c1C(=O)C(=O)NC(C)c1ccccc1NS(C)(=O)=O. The van der Waals surface area contributed by atoms with Crippen molar-refractivity contribution in [2.45, 2.75) is 26.8 Å². The highest BCUT2D eigenvalue weighted by atomic mass is 32.2. The number of amides is 1. The van der Waals surface area contributed by atoms with Crippen molar-refractivity contribution in [2.24, 2.45) is 0 Å². The van der Waals surface area contributed by atoms with Crippen molar-refractivity contribution in [3.8, 4) is 5.69 Å². The van der Waals surface area contributed by atoms with Gasteiger partial charge in [0.1, 0.15) is 0 Å². The summed E-state index contributed by atoms with van der Waals surface area (Å²) in [6.07, 6.45) is 1.05. The number of nitrogens with one attached hydrogen (secondary N) is 2. The lowest BCUT2D eigenvalue weighted by molar-refractivity contribution is -0.117. The Bertz CT molecular complexity index is 1230. The number of aromatic nitrogens is 2. The van der Waals surface area contributed by atoms with Gasteiger partial charge in [-0.3, -0.25) is 14.3 Å². The van der Waals surface area contributed by atoms with Crippen LogP contribution in [0.3, 0.4) is 0 Å². The van der Waals surface area contributed by atoms with Gasteiger partial charge in [-0.25, -0.2) is 13.1 Å². The summed E-state index contributed by atoms with van der Waals surface area (Å²) in [5, 5.41) is 7.08. The molecule has 0 saturated heterocycles. The second-order valence-electron chi connectivity index (χ2n) is 7.28. The summed E-state index contributed by atoms with van der Waals surface area (Å²) in [4.78, 5) is 25.7. The quantitative estimate of drug-likeness (QED) is 0.434. The molecule has 0 bridgehead atoms. The number of rotatable bonds is 7. The van der Waals surface area contributed by atoms with Gasteiger partial charge in [0.2, 0.25) is 10.0 Å². The van der Waals surface area contributed by atoms with Crippen LogP contribution in [0, 0.1) is 13.8 Å². The van der Waals surface area contributed by atoms with Gasteiger partial charge in [0, 0.05) is 0 Å². The maximum absolute atomic E-state index is 12.9. The van der Waals surface area contributed by atoms with Crippen molar-refractivity contribution in [2.75, 3.05) is 11.0 Å². The van der Waals surface area contributed by atoms with Crippen molar-refractivity contribution >= 4 is 27.4 Å². The van der Waals surface area contributed by atoms with Crippen molar-refractivity contribution in [3.63, 3.8) is 0 Å². The monoisotopic (exact) mass is 440 g/mol. The number of nitrogens with zero attached hydrogens (tertiary/aromatic N) is 2. The molecule has 0 fully saturated rings. The van der Waals surface area contributed by atoms with Crippen molar-refractivity contribution < 1.29 is 18.0 Å². The van der Waals surface area contributed by atoms with Crippen LogP contribution in [0.25, 0.3) is 5.69 Å². The normalized spacial score (nSPS) is 12.3. The number of hydrogen-bond acceptors (Lipinski definition) is 5. The zero-order chi connectivity index (χ0) is 22.8. The van der Waals surface area contributed by atoms with Gasteiger partial charge < -0.3 is 5.32 Å². The van der Waals surface area contributed by atoms with E-state index in [-0.39, 0.29) is 5.56 Å². The second-order valence-corrected chi connectivity index (χ2v) is 9.03. The number of anilines is 1. The minimum absolute atomic E-state index is 0.246. The fourth-order valence-electron chi connectivity index (χ4n) is 3.41. The third-order valence-electron chi connectivity index (χ3n) is 4.80. The topological polar surface area (TPSA) is 110 Å². The van der Waals surface area contributed by atoms with Gasteiger partial charge in [0.25, 0.3) is 11.7 Å². The number of benzene rings is 2. The van der Waals surface area contributed by atoms with Crippen molar-refractivity contribution in [3.05, 3.63) is 77.1 Å². The average Bonchev–Trinajstić information content (AvgIpc) is 3.01. The largest absolute Gasteiger partial charge is 0.343 e. The zero-order valence-electron chi connectivity index (χ0n) is 17.7. The van der Waals surface area contributed by atoms with Crippen molar-refractivity contribution in [1.82, 2.24) is 15.1 Å². The molecule has 162 valence electrons. The van der Waals surface area contributed by atoms with Gasteiger partial charge >= 0.3 is 0 Å². The molecule has 2 N–H and O–H groups in total. The number of carbonyl (C=O) groups is 2. The molecule has 0 aliphatic heterocycles. The van der Waals surface area contributed by atoms with E-state index in [0.29, 0.717) is 22.6 Å². The lowest BCUT2D eigenvalue weighted by atomic mass is 10.0. The van der Waals surface area contributed by atoms with E-state index in [2.05, 4.69) is 15.1 Å². The maximum Gasteiger partial charge on any atom is 0.293 e. The predicted octanol–water partition coefficient (Wildman–Crippen LogP) is 2.92. The molecule has 3 rings (SSSR count). The number of aryl methyl sites for hydroxylation is 1. The van der Waals surface area contributed by atoms with Gasteiger partial charge in [-0.15, -0.1) is 0 Å². The first-order valence-corrected chi connectivity index (χ1v) is 11.5. The fourth-order valence-corrected chi connectivity index (χ4v) is 4.00. The summed E-state index contributed by atoms with van der Waals surface area (Å²) in [6, 6.07) is 15.4. The Morgan fingerprint density at radius 3 is 2.26 bits per heavy atom. The van der Waals surface area contributed by atoms with Crippen LogP contribution >= 0.6 is 0 Å². The molecule has 1 atom stereocenters. The molecular formula is C22H24N4O4S. The van der Waals surface area contributed by atoms with E-state index >= 15 is 0 Å². The molecule has 1 unspecified atom stereocenters. The Balaban J connectivity index is 1.84. The first kappa shape index (κ1) is 22.2. The standard InChI is InChI=1S/C22H24N4O4S/c1-14(18-12-8-9-13-19(18)25-31(4,29)30)23-22(28)21(27)20-15(2)24-26(16(20)3)17-10-6-5-7-11-17/h5-14,25H,1-4H3,(H,23,28). The van der Waals surface area contributed by atoms with Crippen LogP contribution in [0.1, 0.15) is 40.3 Å². The lowest BCUT2D eigenvalue weighted by Gasteiger charge is -2.18. The molecule has 8 nitrogen and oxygen atoms in total. The summed E-state index contributed by atoms with van der Waals surface area (Å²) < 4.78 is 27.3. The Kier molecular flexibility index (Phi) is 6.26. The summed E-state index contributed by atoms with van der Waals surface area (Å²) in [6.45, 7) is 5.10. The van der Waals surface area contributed by atoms with Gasteiger partial charge in [0.05, 0.1) is 40.6 Å². The molecule has 31 heavy (non-hydrogen) atoms.